The zero-order valence-electron chi connectivity index (χ0n) is 21.9. The van der Waals surface area contributed by atoms with Crippen LogP contribution in [0, 0.1) is 10.8 Å². The van der Waals surface area contributed by atoms with Crippen LogP contribution >= 0.6 is 0 Å². The predicted molar refractivity (Wildman–Crippen MR) is 123 cm³/mol. The van der Waals surface area contributed by atoms with Gasteiger partial charge in [-0.05, 0) is 92.4 Å². The third kappa shape index (κ3) is 10.1. The summed E-state index contributed by atoms with van der Waals surface area (Å²) in [6.45, 7) is 28.9. The molecule has 0 fully saturated rings. The molecule has 0 amide bonds. The number of hydrogen-bond donors (Lipinski definition) is 1. The molecule has 0 bridgehead atoms. The predicted octanol–water partition coefficient (Wildman–Crippen LogP) is 6.38. The Kier molecular flexibility index (Phi) is 10.4. The molecule has 0 aliphatic heterocycles. The molecule has 4 heteroatoms. The van der Waals surface area contributed by atoms with E-state index in [1.54, 1.807) is 0 Å². The van der Waals surface area contributed by atoms with Crippen molar-refractivity contribution in [3.05, 3.63) is 0 Å². The van der Waals surface area contributed by atoms with Gasteiger partial charge in [-0.2, -0.15) is 0 Å². The van der Waals surface area contributed by atoms with Gasteiger partial charge in [0.1, 0.15) is 0 Å². The average Bonchev–Trinajstić information content (AvgIpc) is 2.42. The average molecular weight is 417 g/mol. The molecule has 0 aliphatic rings. The molecule has 0 radical (unpaired) electrons. The number of rotatable bonds is 14. The molecule has 0 aromatic carbocycles. The molecule has 0 saturated carbocycles. The Morgan fingerprint density at radius 1 is 0.690 bits per heavy atom. The van der Waals surface area contributed by atoms with Gasteiger partial charge in [0.05, 0.1) is 35.6 Å². The zero-order chi connectivity index (χ0) is 23.3. The van der Waals surface area contributed by atoms with Gasteiger partial charge >= 0.3 is 0 Å². The van der Waals surface area contributed by atoms with Crippen molar-refractivity contribution < 1.29 is 19.3 Å². The van der Waals surface area contributed by atoms with Crippen LogP contribution < -0.4 is 0 Å². The number of ether oxygens (including phenoxy) is 3. The molecular weight excluding hydrogens is 364 g/mol. The number of aliphatic hydroxyl groups is 1. The second kappa shape index (κ2) is 10.4. The summed E-state index contributed by atoms with van der Waals surface area (Å²) >= 11 is 0. The fourth-order valence-corrected chi connectivity index (χ4v) is 3.27. The molecule has 0 aromatic heterocycles. The Morgan fingerprint density at radius 2 is 1.21 bits per heavy atom. The van der Waals surface area contributed by atoms with Crippen LogP contribution in [0.2, 0.25) is 0 Å². The molecule has 0 saturated heterocycles. The highest BCUT2D eigenvalue weighted by molar-refractivity contribution is 4.92. The minimum Gasteiger partial charge on any atom is -0.390 e. The third-order valence-corrected chi connectivity index (χ3v) is 6.91. The maximum Gasteiger partial charge on any atom is 0.0681 e. The highest BCUT2D eigenvalue weighted by Gasteiger charge is 2.43. The summed E-state index contributed by atoms with van der Waals surface area (Å²) in [7, 11) is 0. The largest absolute Gasteiger partial charge is 0.390 e. The quantitative estimate of drug-likeness (QED) is 0.357. The Labute approximate surface area is 182 Å². The van der Waals surface area contributed by atoms with Gasteiger partial charge in [-0.15, -0.1) is 0 Å². The normalized spacial score (nSPS) is 15.8. The molecule has 29 heavy (non-hydrogen) atoms. The van der Waals surface area contributed by atoms with Crippen molar-refractivity contribution in [1.29, 1.82) is 0 Å². The van der Waals surface area contributed by atoms with Crippen molar-refractivity contribution in [1.82, 2.24) is 0 Å². The number of hydrogen-bond acceptors (Lipinski definition) is 4. The van der Waals surface area contributed by atoms with Gasteiger partial charge in [-0.25, -0.2) is 0 Å². The first-order valence-electron chi connectivity index (χ1n) is 11.4. The summed E-state index contributed by atoms with van der Waals surface area (Å²) in [5.74, 6) is 0. The summed E-state index contributed by atoms with van der Waals surface area (Å²) in [6.07, 6.45) is 2.83. The van der Waals surface area contributed by atoms with Crippen LogP contribution in [0.3, 0.4) is 0 Å². The summed E-state index contributed by atoms with van der Waals surface area (Å²) in [4.78, 5) is 0. The first kappa shape index (κ1) is 28.8. The molecule has 1 atom stereocenters. The molecule has 1 unspecified atom stereocenters. The summed E-state index contributed by atoms with van der Waals surface area (Å²) in [5.41, 5.74) is -1.37. The van der Waals surface area contributed by atoms with E-state index in [9.17, 15) is 5.11 Å². The minimum absolute atomic E-state index is 0.000973. The van der Waals surface area contributed by atoms with Crippen LogP contribution in [0.15, 0.2) is 0 Å². The van der Waals surface area contributed by atoms with E-state index >= 15 is 0 Å². The summed E-state index contributed by atoms with van der Waals surface area (Å²) in [5, 5.41) is 9.95. The SMILES string of the molecule is CC(C)OCCC(C)(C)C(C)(C)OC(C)CC(C)(C)C(C)(C)OCCC(C)(C)O. The van der Waals surface area contributed by atoms with Crippen molar-refractivity contribution in [2.75, 3.05) is 13.2 Å². The van der Waals surface area contributed by atoms with Crippen LogP contribution in [0.5, 0.6) is 0 Å². The highest BCUT2D eigenvalue weighted by atomic mass is 16.5. The molecular formula is C25H52O4. The van der Waals surface area contributed by atoms with Crippen molar-refractivity contribution >= 4 is 0 Å². The van der Waals surface area contributed by atoms with Crippen molar-refractivity contribution in [3.8, 4) is 0 Å². The first-order valence-corrected chi connectivity index (χ1v) is 11.4. The second-order valence-corrected chi connectivity index (χ2v) is 12.0. The lowest BCUT2D eigenvalue weighted by molar-refractivity contribution is -0.167. The van der Waals surface area contributed by atoms with Gasteiger partial charge in [0.2, 0.25) is 0 Å². The van der Waals surface area contributed by atoms with Crippen LogP contribution in [0.1, 0.15) is 109 Å². The molecule has 4 nitrogen and oxygen atoms in total. The van der Waals surface area contributed by atoms with E-state index in [4.69, 9.17) is 14.2 Å². The van der Waals surface area contributed by atoms with Gasteiger partial charge in [-0.3, -0.25) is 0 Å². The fraction of sp³-hybridized carbons (Fsp3) is 1.00. The smallest absolute Gasteiger partial charge is 0.0681 e. The lowest BCUT2D eigenvalue weighted by Crippen LogP contribution is -2.48. The van der Waals surface area contributed by atoms with Gasteiger partial charge in [0.25, 0.3) is 0 Å². The summed E-state index contributed by atoms with van der Waals surface area (Å²) < 4.78 is 18.6. The van der Waals surface area contributed by atoms with E-state index in [-0.39, 0.29) is 34.2 Å². The van der Waals surface area contributed by atoms with E-state index in [1.807, 2.05) is 13.8 Å². The lowest BCUT2D eigenvalue weighted by Gasteiger charge is -2.47. The Hall–Kier alpha value is -0.160. The fourth-order valence-electron chi connectivity index (χ4n) is 3.27. The van der Waals surface area contributed by atoms with Crippen molar-refractivity contribution in [2.24, 2.45) is 10.8 Å². The van der Waals surface area contributed by atoms with Gasteiger partial charge < -0.3 is 19.3 Å². The van der Waals surface area contributed by atoms with Crippen LogP contribution in [-0.4, -0.2) is 47.3 Å². The maximum absolute atomic E-state index is 9.95. The standard InChI is InChI=1S/C25H52O4/c1-19(2)27-16-14-21(4,5)25(12,13)29-20(3)18-22(6,7)24(10,11)28-17-15-23(8,9)26/h19-20,26H,14-18H2,1-13H3. The van der Waals surface area contributed by atoms with E-state index in [2.05, 4.69) is 76.2 Å². The lowest BCUT2D eigenvalue weighted by atomic mass is 9.72. The van der Waals surface area contributed by atoms with Gasteiger partial charge in [0.15, 0.2) is 0 Å². The summed E-state index contributed by atoms with van der Waals surface area (Å²) in [6, 6.07) is 0. The van der Waals surface area contributed by atoms with Gasteiger partial charge in [0, 0.05) is 6.61 Å². The van der Waals surface area contributed by atoms with E-state index in [1.165, 1.54) is 0 Å². The van der Waals surface area contributed by atoms with Crippen molar-refractivity contribution in [3.63, 3.8) is 0 Å². The van der Waals surface area contributed by atoms with E-state index in [0.717, 1.165) is 19.4 Å². The molecule has 0 rings (SSSR count). The molecule has 0 spiro atoms. The molecule has 176 valence electrons. The van der Waals surface area contributed by atoms with E-state index < -0.39 is 5.60 Å². The van der Waals surface area contributed by atoms with Crippen LogP contribution in [-0.2, 0) is 14.2 Å². The molecule has 0 aliphatic carbocycles. The Morgan fingerprint density at radius 3 is 1.66 bits per heavy atom. The Balaban J connectivity index is 4.90. The maximum atomic E-state index is 9.95. The highest BCUT2D eigenvalue weighted by Crippen LogP contribution is 2.42. The third-order valence-electron chi connectivity index (χ3n) is 6.91. The molecule has 0 aromatic rings. The van der Waals surface area contributed by atoms with Crippen LogP contribution in [0.25, 0.3) is 0 Å². The topological polar surface area (TPSA) is 47.9 Å². The zero-order valence-corrected chi connectivity index (χ0v) is 21.9. The Bertz CT molecular complexity index is 470. The van der Waals surface area contributed by atoms with Crippen molar-refractivity contribution in [2.45, 2.75) is 138 Å². The molecule has 0 heterocycles. The van der Waals surface area contributed by atoms with Gasteiger partial charge in [-0.1, -0.05) is 27.7 Å². The second-order valence-electron chi connectivity index (χ2n) is 12.0. The molecule has 1 N–H and O–H groups in total. The first-order chi connectivity index (χ1) is 12.7. The van der Waals surface area contributed by atoms with Crippen LogP contribution in [0.4, 0.5) is 0 Å². The monoisotopic (exact) mass is 416 g/mol. The minimum atomic E-state index is -0.703. The van der Waals surface area contributed by atoms with E-state index in [0.29, 0.717) is 13.0 Å².